The number of rotatable bonds is 4. The third-order valence-corrected chi connectivity index (χ3v) is 5.83. The molecule has 1 aliphatic heterocycles. The topological polar surface area (TPSA) is 52.7 Å². The van der Waals surface area contributed by atoms with E-state index in [-0.39, 0.29) is 11.8 Å². The summed E-state index contributed by atoms with van der Waals surface area (Å²) in [5.41, 5.74) is 3.83. The number of nitrogens with zero attached hydrogens (tertiary/aromatic N) is 2. The summed E-state index contributed by atoms with van der Waals surface area (Å²) in [7, 11) is 0. The first-order valence-corrected chi connectivity index (χ1v) is 10.7. The molecule has 158 valence electrons. The molecule has 0 bridgehead atoms. The van der Waals surface area contributed by atoms with E-state index in [0.717, 1.165) is 11.3 Å². The fourth-order valence-electron chi connectivity index (χ4n) is 3.78. The molecule has 5 nitrogen and oxygen atoms in total. The van der Waals surface area contributed by atoms with Crippen molar-refractivity contribution in [2.75, 3.05) is 36.4 Å². The summed E-state index contributed by atoms with van der Waals surface area (Å²) >= 11 is 6.54. The third-order valence-electron chi connectivity index (χ3n) is 5.52. The molecule has 0 unspecified atom stereocenters. The zero-order valence-electron chi connectivity index (χ0n) is 17.3. The van der Waals surface area contributed by atoms with E-state index in [1.54, 1.807) is 12.1 Å². The van der Waals surface area contributed by atoms with Gasteiger partial charge in [-0.2, -0.15) is 0 Å². The summed E-state index contributed by atoms with van der Waals surface area (Å²) < 4.78 is 0. The van der Waals surface area contributed by atoms with E-state index < -0.39 is 0 Å². The van der Waals surface area contributed by atoms with E-state index in [9.17, 15) is 9.59 Å². The molecule has 0 aliphatic carbocycles. The molecular formula is C25H24ClN3O2. The molecule has 1 N–H and O–H groups in total. The first-order chi connectivity index (χ1) is 15.0. The molecule has 3 aromatic carbocycles. The summed E-state index contributed by atoms with van der Waals surface area (Å²) in [5, 5.41) is 3.49. The van der Waals surface area contributed by atoms with E-state index in [1.807, 2.05) is 72.5 Å². The van der Waals surface area contributed by atoms with Crippen molar-refractivity contribution in [2.45, 2.75) is 6.92 Å². The van der Waals surface area contributed by atoms with Crippen LogP contribution < -0.4 is 10.2 Å². The Morgan fingerprint density at radius 1 is 0.871 bits per heavy atom. The van der Waals surface area contributed by atoms with Gasteiger partial charge in [-0.15, -0.1) is 0 Å². The molecule has 31 heavy (non-hydrogen) atoms. The van der Waals surface area contributed by atoms with Crippen LogP contribution in [0, 0.1) is 6.92 Å². The number of halogens is 1. The fraction of sp³-hybridized carbons (Fsp3) is 0.200. The molecule has 0 atom stereocenters. The molecule has 4 rings (SSSR count). The number of hydrogen-bond donors (Lipinski definition) is 1. The number of nitrogens with one attached hydrogen (secondary N) is 1. The Hall–Kier alpha value is -3.31. The Kier molecular flexibility index (Phi) is 6.23. The van der Waals surface area contributed by atoms with E-state index >= 15 is 0 Å². The summed E-state index contributed by atoms with van der Waals surface area (Å²) in [6.07, 6.45) is 0. The van der Waals surface area contributed by atoms with Gasteiger partial charge in [0.2, 0.25) is 0 Å². The Labute approximate surface area is 187 Å². The van der Waals surface area contributed by atoms with Gasteiger partial charge < -0.3 is 15.1 Å². The summed E-state index contributed by atoms with van der Waals surface area (Å²) in [5.74, 6) is -0.101. The van der Waals surface area contributed by atoms with Gasteiger partial charge in [0, 0.05) is 43.0 Å². The number of anilines is 2. The van der Waals surface area contributed by atoms with Crippen molar-refractivity contribution < 1.29 is 9.59 Å². The first kappa shape index (κ1) is 20.9. The van der Waals surface area contributed by atoms with E-state index in [1.165, 1.54) is 0 Å². The van der Waals surface area contributed by atoms with Gasteiger partial charge in [-0.1, -0.05) is 48.0 Å². The minimum absolute atomic E-state index is 0.0561. The third kappa shape index (κ3) is 4.72. The van der Waals surface area contributed by atoms with Crippen molar-refractivity contribution in [2.24, 2.45) is 0 Å². The van der Waals surface area contributed by atoms with Crippen LogP contribution in [0.15, 0.2) is 72.8 Å². The molecule has 1 heterocycles. The van der Waals surface area contributed by atoms with Crippen molar-refractivity contribution in [1.82, 2.24) is 4.90 Å². The second kappa shape index (κ2) is 9.23. The maximum absolute atomic E-state index is 12.6. The highest BCUT2D eigenvalue weighted by Gasteiger charge is 2.23. The average molecular weight is 434 g/mol. The fourth-order valence-corrected chi connectivity index (χ4v) is 4.08. The smallest absolute Gasteiger partial charge is 0.255 e. The van der Waals surface area contributed by atoms with Crippen LogP contribution in [0.2, 0.25) is 5.02 Å². The zero-order valence-corrected chi connectivity index (χ0v) is 18.1. The predicted octanol–water partition coefficient (Wildman–Crippen LogP) is 4.86. The Balaban J connectivity index is 1.39. The van der Waals surface area contributed by atoms with Crippen LogP contribution >= 0.6 is 11.6 Å². The highest BCUT2D eigenvalue weighted by Crippen LogP contribution is 2.30. The van der Waals surface area contributed by atoms with Crippen LogP contribution in [0.3, 0.4) is 0 Å². The monoisotopic (exact) mass is 433 g/mol. The Bertz CT molecular complexity index is 1090. The van der Waals surface area contributed by atoms with Gasteiger partial charge in [0.15, 0.2) is 0 Å². The predicted molar refractivity (Wildman–Crippen MR) is 125 cm³/mol. The SMILES string of the molecule is Cc1ccccc1C(=O)Nc1ccc(N2CCN(C(=O)c3ccccc3)CC2)c(Cl)c1. The quantitative estimate of drug-likeness (QED) is 0.639. The lowest BCUT2D eigenvalue weighted by Gasteiger charge is -2.36. The maximum Gasteiger partial charge on any atom is 0.255 e. The van der Waals surface area contributed by atoms with E-state index in [4.69, 9.17) is 11.6 Å². The molecule has 1 saturated heterocycles. The molecule has 1 fully saturated rings. The number of aryl methyl sites for hydroxylation is 1. The minimum Gasteiger partial charge on any atom is -0.367 e. The summed E-state index contributed by atoms with van der Waals surface area (Å²) in [6, 6.07) is 22.4. The van der Waals surface area contributed by atoms with Crippen molar-refractivity contribution in [3.63, 3.8) is 0 Å². The van der Waals surface area contributed by atoms with E-state index in [0.29, 0.717) is 48.0 Å². The summed E-state index contributed by atoms with van der Waals surface area (Å²) in [4.78, 5) is 29.2. The summed E-state index contributed by atoms with van der Waals surface area (Å²) in [6.45, 7) is 4.58. The average Bonchev–Trinajstić information content (AvgIpc) is 2.80. The number of carbonyl (C=O) groups excluding carboxylic acids is 2. The number of amides is 2. The standard InChI is InChI=1S/C25H24ClN3O2/c1-18-7-5-6-10-21(18)24(30)27-20-11-12-23(22(26)17-20)28-13-15-29(16-14-28)25(31)19-8-3-2-4-9-19/h2-12,17H,13-16H2,1H3,(H,27,30). The van der Waals surface area contributed by atoms with Crippen LogP contribution in [0.5, 0.6) is 0 Å². The van der Waals surface area contributed by atoms with Crippen LogP contribution in [0.25, 0.3) is 0 Å². The van der Waals surface area contributed by atoms with Gasteiger partial charge in [0.1, 0.15) is 0 Å². The lowest BCUT2D eigenvalue weighted by atomic mass is 10.1. The highest BCUT2D eigenvalue weighted by atomic mass is 35.5. The number of hydrogen-bond acceptors (Lipinski definition) is 3. The van der Waals surface area contributed by atoms with Crippen LogP contribution in [-0.4, -0.2) is 42.9 Å². The molecule has 0 spiro atoms. The lowest BCUT2D eigenvalue weighted by Crippen LogP contribution is -2.48. The zero-order chi connectivity index (χ0) is 21.8. The first-order valence-electron chi connectivity index (χ1n) is 10.3. The molecule has 0 saturated carbocycles. The van der Waals surface area contributed by atoms with Crippen LogP contribution in [-0.2, 0) is 0 Å². The number of piperazine rings is 1. The van der Waals surface area contributed by atoms with Gasteiger partial charge >= 0.3 is 0 Å². The molecule has 0 radical (unpaired) electrons. The lowest BCUT2D eigenvalue weighted by molar-refractivity contribution is 0.0746. The van der Waals surface area contributed by atoms with Gasteiger partial charge in [-0.05, 0) is 48.9 Å². The van der Waals surface area contributed by atoms with Crippen LogP contribution in [0.1, 0.15) is 26.3 Å². The molecular weight excluding hydrogens is 410 g/mol. The highest BCUT2D eigenvalue weighted by molar-refractivity contribution is 6.33. The molecule has 6 heteroatoms. The van der Waals surface area contributed by atoms with Crippen molar-refractivity contribution in [3.8, 4) is 0 Å². The Morgan fingerprint density at radius 2 is 1.55 bits per heavy atom. The normalized spacial score (nSPS) is 13.7. The second-order valence-corrected chi connectivity index (χ2v) is 7.99. The number of carbonyl (C=O) groups is 2. The van der Waals surface area contributed by atoms with Crippen LogP contribution in [0.4, 0.5) is 11.4 Å². The molecule has 3 aromatic rings. The van der Waals surface area contributed by atoms with Crippen molar-refractivity contribution >= 4 is 34.8 Å². The second-order valence-electron chi connectivity index (χ2n) is 7.58. The van der Waals surface area contributed by atoms with Crippen molar-refractivity contribution in [1.29, 1.82) is 0 Å². The molecule has 1 aliphatic rings. The van der Waals surface area contributed by atoms with Gasteiger partial charge in [-0.25, -0.2) is 0 Å². The van der Waals surface area contributed by atoms with Gasteiger partial charge in [0.05, 0.1) is 10.7 Å². The van der Waals surface area contributed by atoms with Crippen molar-refractivity contribution in [3.05, 3.63) is 94.5 Å². The Morgan fingerprint density at radius 3 is 2.23 bits per heavy atom. The maximum atomic E-state index is 12.6. The largest absolute Gasteiger partial charge is 0.367 e. The van der Waals surface area contributed by atoms with Gasteiger partial charge in [-0.3, -0.25) is 9.59 Å². The van der Waals surface area contributed by atoms with Gasteiger partial charge in [0.25, 0.3) is 11.8 Å². The van der Waals surface area contributed by atoms with E-state index in [2.05, 4.69) is 10.2 Å². The molecule has 2 amide bonds. The molecule has 0 aromatic heterocycles. The number of benzene rings is 3. The minimum atomic E-state index is -0.157.